The molecule has 0 saturated heterocycles. The number of aromatic nitrogens is 4. The molecule has 1 amide bonds. The molecule has 7 nitrogen and oxygen atoms in total. The molecule has 0 aliphatic heterocycles. The number of anilines is 1. The normalized spacial score (nSPS) is 11.0. The first-order valence-electron chi connectivity index (χ1n) is 7.85. The van der Waals surface area contributed by atoms with Crippen LogP contribution in [0.5, 0.6) is 5.75 Å². The van der Waals surface area contributed by atoms with Crippen molar-refractivity contribution in [3.8, 4) is 11.4 Å². The number of amides is 1. The molecule has 0 aliphatic rings. The van der Waals surface area contributed by atoms with Gasteiger partial charge in [0.05, 0.1) is 7.11 Å². The number of ether oxygens (including phenoxy) is 1. The first-order valence-corrected chi connectivity index (χ1v) is 8.23. The number of hydrogen-bond acceptors (Lipinski definition) is 5. The van der Waals surface area contributed by atoms with Gasteiger partial charge in [0.2, 0.25) is 5.91 Å². The van der Waals surface area contributed by atoms with E-state index < -0.39 is 11.7 Å². The molecule has 3 rings (SSSR count). The number of hydrogen-bond donors (Lipinski definition) is 1. The van der Waals surface area contributed by atoms with Crippen molar-refractivity contribution in [3.05, 3.63) is 64.7 Å². The summed E-state index contributed by atoms with van der Waals surface area (Å²) in [4.78, 5) is 12.2. The van der Waals surface area contributed by atoms with E-state index in [2.05, 4.69) is 20.8 Å². The van der Waals surface area contributed by atoms with Gasteiger partial charge in [-0.3, -0.25) is 4.79 Å². The Bertz CT molecular complexity index is 1020. The molecule has 0 unspecified atom stereocenters. The molecule has 0 saturated carbocycles. The van der Waals surface area contributed by atoms with Crippen molar-refractivity contribution in [1.82, 2.24) is 20.2 Å². The van der Waals surface area contributed by atoms with Crippen LogP contribution < -0.4 is 10.1 Å². The minimum atomic E-state index is -0.511. The lowest BCUT2D eigenvalue weighted by Gasteiger charge is -2.08. The fourth-order valence-corrected chi connectivity index (χ4v) is 2.57. The lowest BCUT2D eigenvalue weighted by atomic mass is 10.2. The van der Waals surface area contributed by atoms with Crippen LogP contribution in [-0.2, 0) is 4.79 Å². The van der Waals surface area contributed by atoms with Crippen molar-refractivity contribution in [2.45, 2.75) is 6.92 Å². The maximum Gasteiger partial charge on any atom is 0.248 e. The molecule has 27 heavy (non-hydrogen) atoms. The third kappa shape index (κ3) is 4.29. The van der Waals surface area contributed by atoms with Crippen molar-refractivity contribution in [3.63, 3.8) is 0 Å². The van der Waals surface area contributed by atoms with Crippen molar-refractivity contribution < 1.29 is 13.9 Å². The average Bonchev–Trinajstić information content (AvgIpc) is 3.07. The molecule has 1 heterocycles. The minimum absolute atomic E-state index is 0.135. The highest BCUT2D eigenvalue weighted by atomic mass is 35.5. The van der Waals surface area contributed by atoms with Gasteiger partial charge in [-0.15, -0.1) is 5.10 Å². The summed E-state index contributed by atoms with van der Waals surface area (Å²) in [5, 5.41) is 14.1. The average molecular weight is 388 g/mol. The van der Waals surface area contributed by atoms with Crippen molar-refractivity contribution in [2.75, 3.05) is 12.4 Å². The lowest BCUT2D eigenvalue weighted by molar-refractivity contribution is -0.111. The van der Waals surface area contributed by atoms with Gasteiger partial charge < -0.3 is 10.1 Å². The van der Waals surface area contributed by atoms with E-state index in [9.17, 15) is 9.18 Å². The van der Waals surface area contributed by atoms with Crippen molar-refractivity contribution in [2.24, 2.45) is 0 Å². The van der Waals surface area contributed by atoms with Crippen LogP contribution in [0.3, 0.4) is 0 Å². The number of halogens is 2. The second-order valence-electron chi connectivity index (χ2n) is 5.51. The van der Waals surface area contributed by atoms with Gasteiger partial charge in [0, 0.05) is 22.3 Å². The van der Waals surface area contributed by atoms with Gasteiger partial charge >= 0.3 is 0 Å². The number of carbonyl (C=O) groups is 1. The molecule has 9 heteroatoms. The third-order valence-corrected chi connectivity index (χ3v) is 3.91. The van der Waals surface area contributed by atoms with Gasteiger partial charge in [-0.2, -0.15) is 4.68 Å². The molecule has 0 atom stereocenters. The predicted octanol–water partition coefficient (Wildman–Crippen LogP) is 3.42. The van der Waals surface area contributed by atoms with Gasteiger partial charge in [-0.1, -0.05) is 11.6 Å². The van der Waals surface area contributed by atoms with Crippen molar-refractivity contribution in [1.29, 1.82) is 0 Å². The smallest absolute Gasteiger partial charge is 0.248 e. The Morgan fingerprint density at radius 1 is 1.30 bits per heavy atom. The predicted molar refractivity (Wildman–Crippen MR) is 99.5 cm³/mol. The molecular weight excluding hydrogens is 373 g/mol. The zero-order valence-corrected chi connectivity index (χ0v) is 15.2. The largest absolute Gasteiger partial charge is 0.496 e. The Morgan fingerprint density at radius 3 is 2.81 bits per heavy atom. The number of methoxy groups -OCH3 is 1. The standard InChI is InChI=1S/C18H15ClFN5O2/c1-11-22-23-24-25(11)16-10-14(5-6-15(16)20)21-18(26)8-3-12-9-13(19)4-7-17(12)27-2/h3-10H,1-2H3,(H,21,26)/b8-3+. The number of rotatable bonds is 5. The first kappa shape index (κ1) is 18.5. The molecule has 0 radical (unpaired) electrons. The summed E-state index contributed by atoms with van der Waals surface area (Å²) in [6.45, 7) is 1.64. The topological polar surface area (TPSA) is 81.9 Å². The number of nitrogens with zero attached hydrogens (tertiary/aromatic N) is 4. The Hall–Kier alpha value is -3.26. The fraction of sp³-hybridized carbons (Fsp3) is 0.111. The number of benzene rings is 2. The molecule has 3 aromatic rings. The molecule has 2 aromatic carbocycles. The van der Waals surface area contributed by atoms with E-state index in [1.807, 2.05) is 0 Å². The van der Waals surface area contributed by atoms with Crippen molar-refractivity contribution >= 4 is 29.3 Å². The summed E-state index contributed by atoms with van der Waals surface area (Å²) >= 11 is 5.97. The van der Waals surface area contributed by atoms with E-state index in [1.54, 1.807) is 31.2 Å². The number of nitrogens with one attached hydrogen (secondary N) is 1. The third-order valence-electron chi connectivity index (χ3n) is 3.67. The van der Waals surface area contributed by atoms with E-state index in [0.717, 1.165) is 0 Å². The summed E-state index contributed by atoms with van der Waals surface area (Å²) in [7, 11) is 1.53. The monoisotopic (exact) mass is 387 g/mol. The zero-order valence-electron chi connectivity index (χ0n) is 14.5. The van der Waals surface area contributed by atoms with E-state index in [4.69, 9.17) is 16.3 Å². The Balaban J connectivity index is 1.79. The lowest BCUT2D eigenvalue weighted by Crippen LogP contribution is -2.09. The molecule has 1 N–H and O–H groups in total. The maximum absolute atomic E-state index is 14.1. The highest BCUT2D eigenvalue weighted by molar-refractivity contribution is 6.30. The van der Waals surface area contributed by atoms with Crippen LogP contribution in [0.15, 0.2) is 42.5 Å². The van der Waals surface area contributed by atoms with E-state index in [-0.39, 0.29) is 5.69 Å². The van der Waals surface area contributed by atoms with Gasteiger partial charge in [0.1, 0.15) is 17.3 Å². The number of tetrazole rings is 1. The summed E-state index contributed by atoms with van der Waals surface area (Å²) in [5.74, 6) is 0.0950. The van der Waals surface area contributed by atoms with Crippen LogP contribution in [0.4, 0.5) is 10.1 Å². The summed E-state index contributed by atoms with van der Waals surface area (Å²) in [6.07, 6.45) is 2.91. The highest BCUT2D eigenvalue weighted by Crippen LogP contribution is 2.24. The van der Waals surface area contributed by atoms with Gasteiger partial charge in [0.25, 0.3) is 0 Å². The number of carbonyl (C=O) groups excluding carboxylic acids is 1. The molecule has 0 fully saturated rings. The minimum Gasteiger partial charge on any atom is -0.496 e. The molecule has 1 aromatic heterocycles. The first-order chi connectivity index (χ1) is 13.0. The quantitative estimate of drug-likeness (QED) is 0.678. The SMILES string of the molecule is COc1ccc(Cl)cc1/C=C/C(=O)Nc1ccc(F)c(-n2nnnc2C)c1. The van der Waals surface area contributed by atoms with Gasteiger partial charge in [-0.25, -0.2) is 4.39 Å². The van der Waals surface area contributed by atoms with Crippen LogP contribution in [-0.4, -0.2) is 33.2 Å². The Labute approximate surface area is 159 Å². The second kappa shape index (κ2) is 7.96. The maximum atomic E-state index is 14.1. The van der Waals surface area contributed by atoms with Crippen LogP contribution in [0.1, 0.15) is 11.4 Å². The highest BCUT2D eigenvalue weighted by Gasteiger charge is 2.11. The van der Waals surface area contributed by atoms with Crippen LogP contribution in [0.25, 0.3) is 11.8 Å². The van der Waals surface area contributed by atoms with E-state index >= 15 is 0 Å². The molecule has 0 spiro atoms. The molecular formula is C18H15ClFN5O2. The van der Waals surface area contributed by atoms with Crippen LogP contribution in [0, 0.1) is 12.7 Å². The molecule has 0 aliphatic carbocycles. The molecule has 0 bridgehead atoms. The number of aryl methyl sites for hydroxylation is 1. The zero-order chi connectivity index (χ0) is 19.4. The fourth-order valence-electron chi connectivity index (χ4n) is 2.39. The summed E-state index contributed by atoms with van der Waals surface area (Å²) < 4.78 is 20.5. The summed E-state index contributed by atoms with van der Waals surface area (Å²) in [6, 6.07) is 9.21. The molecule has 138 valence electrons. The summed E-state index contributed by atoms with van der Waals surface area (Å²) in [5.41, 5.74) is 1.19. The van der Waals surface area contributed by atoms with Crippen LogP contribution in [0.2, 0.25) is 5.02 Å². The Morgan fingerprint density at radius 2 is 2.11 bits per heavy atom. The Kier molecular flexibility index (Phi) is 5.46. The van der Waals surface area contributed by atoms with Gasteiger partial charge in [0.15, 0.2) is 5.82 Å². The van der Waals surface area contributed by atoms with Crippen LogP contribution >= 0.6 is 11.6 Å². The van der Waals surface area contributed by atoms with E-state index in [1.165, 1.54) is 36.1 Å². The van der Waals surface area contributed by atoms with E-state index in [0.29, 0.717) is 27.8 Å². The second-order valence-corrected chi connectivity index (χ2v) is 5.95. The van der Waals surface area contributed by atoms with Gasteiger partial charge in [-0.05, 0) is 59.8 Å².